The number of aryl methyl sites for hydroxylation is 1. The van der Waals surface area contributed by atoms with Gasteiger partial charge in [0.2, 0.25) is 0 Å². The van der Waals surface area contributed by atoms with Gasteiger partial charge < -0.3 is 10.5 Å². The summed E-state index contributed by atoms with van der Waals surface area (Å²) in [5.41, 5.74) is 7.41. The number of esters is 1. The van der Waals surface area contributed by atoms with Crippen LogP contribution in [0.3, 0.4) is 0 Å². The lowest BCUT2D eigenvalue weighted by Crippen LogP contribution is -2.37. The van der Waals surface area contributed by atoms with Crippen LogP contribution in [0.4, 0.5) is 0 Å². The van der Waals surface area contributed by atoms with E-state index in [0.717, 1.165) is 32.1 Å². The van der Waals surface area contributed by atoms with Crippen LogP contribution in [-0.4, -0.2) is 18.6 Å². The molecule has 1 aromatic rings. The molecule has 4 heteroatoms. The number of hydrogen-bond acceptors (Lipinski definition) is 3. The fourth-order valence-electron chi connectivity index (χ4n) is 3.18. The molecule has 0 amide bonds. The zero-order chi connectivity index (χ0) is 14.4. The fraction of sp³-hybridized carbons (Fsp3) is 0.588. The third-order valence-corrected chi connectivity index (χ3v) is 4.26. The van der Waals surface area contributed by atoms with Gasteiger partial charge >= 0.3 is 5.97 Å². The number of ether oxygens (including phenoxy) is 1. The number of carbonyl (C=O) groups excluding carboxylic acids is 1. The van der Waals surface area contributed by atoms with Gasteiger partial charge in [0.25, 0.3) is 0 Å². The summed E-state index contributed by atoms with van der Waals surface area (Å²) in [6.07, 6.45) is 4.77. The van der Waals surface area contributed by atoms with E-state index in [9.17, 15) is 4.79 Å². The molecule has 1 aliphatic rings. The predicted molar refractivity (Wildman–Crippen MR) is 87.5 cm³/mol. The monoisotopic (exact) mass is 311 g/mol. The average Bonchev–Trinajstić information content (AvgIpc) is 2.46. The maximum atomic E-state index is 12.1. The maximum Gasteiger partial charge on any atom is 0.309 e. The van der Waals surface area contributed by atoms with Crippen LogP contribution in [0, 0.1) is 11.8 Å². The molecule has 3 nitrogen and oxygen atoms in total. The van der Waals surface area contributed by atoms with Gasteiger partial charge in [0.05, 0.1) is 12.5 Å². The molecule has 2 rings (SSSR count). The quantitative estimate of drug-likeness (QED) is 0.848. The van der Waals surface area contributed by atoms with E-state index in [0.29, 0.717) is 12.5 Å². The Balaban J connectivity index is 0.00000220. The SMILES string of the molecule is CCOC(=O)[C@H]1CC[C@@H](N)C[C@H]1CCc1ccccc1.Cl. The van der Waals surface area contributed by atoms with Crippen LogP contribution in [0.25, 0.3) is 0 Å². The Hall–Kier alpha value is -1.06. The first-order valence-electron chi connectivity index (χ1n) is 7.66. The lowest BCUT2D eigenvalue weighted by Gasteiger charge is -2.33. The summed E-state index contributed by atoms with van der Waals surface area (Å²) in [7, 11) is 0. The van der Waals surface area contributed by atoms with Crippen molar-refractivity contribution in [3.05, 3.63) is 35.9 Å². The molecule has 0 bridgehead atoms. The van der Waals surface area contributed by atoms with E-state index in [2.05, 4.69) is 24.3 Å². The van der Waals surface area contributed by atoms with Gasteiger partial charge in [-0.1, -0.05) is 30.3 Å². The summed E-state index contributed by atoms with van der Waals surface area (Å²) in [4.78, 5) is 12.1. The topological polar surface area (TPSA) is 52.3 Å². The van der Waals surface area contributed by atoms with Crippen molar-refractivity contribution >= 4 is 18.4 Å². The largest absolute Gasteiger partial charge is 0.466 e. The van der Waals surface area contributed by atoms with Crippen molar-refractivity contribution < 1.29 is 9.53 Å². The summed E-state index contributed by atoms with van der Waals surface area (Å²) in [5.74, 6) is 0.369. The number of carbonyl (C=O) groups is 1. The van der Waals surface area contributed by atoms with Gasteiger partial charge in [-0.3, -0.25) is 4.79 Å². The van der Waals surface area contributed by atoms with Crippen molar-refractivity contribution in [2.24, 2.45) is 17.6 Å². The van der Waals surface area contributed by atoms with Crippen molar-refractivity contribution in [2.45, 2.75) is 45.1 Å². The Morgan fingerprint density at radius 2 is 2.00 bits per heavy atom. The number of hydrogen-bond donors (Lipinski definition) is 1. The number of benzene rings is 1. The van der Waals surface area contributed by atoms with Gasteiger partial charge in [-0.2, -0.15) is 0 Å². The second kappa shape index (κ2) is 9.06. The van der Waals surface area contributed by atoms with Gasteiger partial charge in [-0.15, -0.1) is 12.4 Å². The summed E-state index contributed by atoms with van der Waals surface area (Å²) >= 11 is 0. The van der Waals surface area contributed by atoms with Crippen molar-refractivity contribution in [2.75, 3.05) is 6.61 Å². The van der Waals surface area contributed by atoms with Crippen LogP contribution in [-0.2, 0) is 16.0 Å². The molecule has 0 aliphatic heterocycles. The minimum absolute atomic E-state index is 0. The normalized spacial score (nSPS) is 25.0. The van der Waals surface area contributed by atoms with Crippen LogP contribution in [0.2, 0.25) is 0 Å². The number of halogens is 1. The van der Waals surface area contributed by atoms with E-state index in [4.69, 9.17) is 10.5 Å². The lowest BCUT2D eigenvalue weighted by molar-refractivity contribution is -0.151. The van der Waals surface area contributed by atoms with Crippen molar-refractivity contribution in [1.29, 1.82) is 0 Å². The van der Waals surface area contributed by atoms with Gasteiger partial charge in [-0.05, 0) is 50.5 Å². The lowest BCUT2D eigenvalue weighted by atomic mass is 9.74. The standard InChI is InChI=1S/C17H25NO2.ClH/c1-2-20-17(19)16-11-10-15(18)12-14(16)9-8-13-6-4-3-5-7-13;/h3-7,14-16H,2,8-12,18H2,1H3;1H/t14-,15-,16+;/m1./s1. The summed E-state index contributed by atoms with van der Waals surface area (Å²) < 4.78 is 5.22. The van der Waals surface area contributed by atoms with E-state index in [1.165, 1.54) is 5.56 Å². The van der Waals surface area contributed by atoms with Crippen molar-refractivity contribution in [3.63, 3.8) is 0 Å². The van der Waals surface area contributed by atoms with E-state index in [1.54, 1.807) is 0 Å². The smallest absolute Gasteiger partial charge is 0.309 e. The molecular formula is C17H26ClNO2. The highest BCUT2D eigenvalue weighted by Crippen LogP contribution is 2.33. The molecule has 21 heavy (non-hydrogen) atoms. The molecule has 1 aromatic carbocycles. The number of nitrogens with two attached hydrogens (primary N) is 1. The molecule has 118 valence electrons. The average molecular weight is 312 g/mol. The molecule has 0 spiro atoms. The van der Waals surface area contributed by atoms with Crippen LogP contribution in [0.1, 0.15) is 38.2 Å². The van der Waals surface area contributed by atoms with Crippen molar-refractivity contribution in [3.8, 4) is 0 Å². The number of rotatable bonds is 5. The molecular weight excluding hydrogens is 286 g/mol. The summed E-state index contributed by atoms with van der Waals surface area (Å²) in [6.45, 7) is 2.33. The molecule has 3 atom stereocenters. The minimum atomic E-state index is -0.0301. The maximum absolute atomic E-state index is 12.1. The van der Waals surface area contributed by atoms with E-state index < -0.39 is 0 Å². The van der Waals surface area contributed by atoms with Crippen molar-refractivity contribution in [1.82, 2.24) is 0 Å². The second-order valence-electron chi connectivity index (χ2n) is 5.72. The third-order valence-electron chi connectivity index (χ3n) is 4.26. The van der Waals surface area contributed by atoms with Gasteiger partial charge in [0, 0.05) is 6.04 Å². The highest BCUT2D eigenvalue weighted by molar-refractivity contribution is 5.85. The van der Waals surface area contributed by atoms with Gasteiger partial charge in [0.1, 0.15) is 0 Å². The molecule has 0 radical (unpaired) electrons. The first kappa shape index (κ1) is 18.0. The molecule has 0 unspecified atom stereocenters. The van der Waals surface area contributed by atoms with E-state index in [1.807, 2.05) is 13.0 Å². The van der Waals surface area contributed by atoms with Gasteiger partial charge in [-0.25, -0.2) is 0 Å². The van der Waals surface area contributed by atoms with E-state index >= 15 is 0 Å². The first-order valence-corrected chi connectivity index (χ1v) is 7.66. The summed E-state index contributed by atoms with van der Waals surface area (Å²) in [5, 5.41) is 0. The van der Waals surface area contributed by atoms with Crippen LogP contribution >= 0.6 is 12.4 Å². The fourth-order valence-corrected chi connectivity index (χ4v) is 3.18. The molecule has 1 fully saturated rings. The highest BCUT2D eigenvalue weighted by Gasteiger charge is 2.34. The molecule has 0 aromatic heterocycles. The molecule has 0 heterocycles. The minimum Gasteiger partial charge on any atom is -0.466 e. The van der Waals surface area contributed by atoms with Crippen LogP contribution < -0.4 is 5.73 Å². The molecule has 2 N–H and O–H groups in total. The highest BCUT2D eigenvalue weighted by atomic mass is 35.5. The molecule has 0 saturated heterocycles. The Kier molecular flexibility index (Phi) is 7.76. The molecule has 1 aliphatic carbocycles. The van der Waals surface area contributed by atoms with Crippen LogP contribution in [0.5, 0.6) is 0 Å². The predicted octanol–water partition coefficient (Wildman–Crippen LogP) is 3.35. The summed E-state index contributed by atoms with van der Waals surface area (Å²) in [6, 6.07) is 10.7. The Morgan fingerprint density at radius 1 is 1.29 bits per heavy atom. The molecule has 1 saturated carbocycles. The Labute approximate surface area is 133 Å². The van der Waals surface area contributed by atoms with Crippen LogP contribution in [0.15, 0.2) is 30.3 Å². The third kappa shape index (κ3) is 5.33. The van der Waals surface area contributed by atoms with E-state index in [-0.39, 0.29) is 30.3 Å². The Morgan fingerprint density at radius 3 is 2.67 bits per heavy atom. The Bertz CT molecular complexity index is 424. The van der Waals surface area contributed by atoms with Gasteiger partial charge in [0.15, 0.2) is 0 Å². The second-order valence-corrected chi connectivity index (χ2v) is 5.72. The zero-order valence-corrected chi connectivity index (χ0v) is 13.5. The first-order chi connectivity index (χ1) is 9.70. The zero-order valence-electron chi connectivity index (χ0n) is 12.7.